The molecule has 0 atom stereocenters. The highest BCUT2D eigenvalue weighted by Crippen LogP contribution is 2.22. The average Bonchev–Trinajstić information content (AvgIpc) is 2.92. The molecule has 0 aromatic heterocycles. The van der Waals surface area contributed by atoms with Crippen molar-refractivity contribution >= 4 is 26.0 Å². The molecular weight excluding hydrogens is 340 g/mol. The highest BCUT2D eigenvalue weighted by molar-refractivity contribution is 9.10. The summed E-state index contributed by atoms with van der Waals surface area (Å²) in [7, 11) is -1.36. The van der Waals surface area contributed by atoms with E-state index in [9.17, 15) is 8.42 Å². The van der Waals surface area contributed by atoms with Crippen molar-refractivity contribution in [1.82, 2.24) is 9.62 Å². The Hall–Kier alpha value is -0.430. The summed E-state index contributed by atoms with van der Waals surface area (Å²) in [5.41, 5.74) is 0. The molecule has 0 spiro atoms. The maximum absolute atomic E-state index is 12.2. The second kappa shape index (κ2) is 7.02. The number of nitrogens with one attached hydrogen (secondary N) is 1. The molecule has 1 saturated carbocycles. The molecule has 2 rings (SSSR count). The lowest BCUT2D eigenvalue weighted by molar-refractivity contribution is 0.250. The van der Waals surface area contributed by atoms with Crippen LogP contribution in [0.5, 0.6) is 0 Å². The average molecular weight is 361 g/mol. The van der Waals surface area contributed by atoms with Gasteiger partial charge in [0.2, 0.25) is 10.0 Å². The number of hydrogen-bond acceptors (Lipinski definition) is 3. The molecule has 0 unspecified atom stereocenters. The maximum atomic E-state index is 12.2. The summed E-state index contributed by atoms with van der Waals surface area (Å²) in [5, 5.41) is 0. The van der Waals surface area contributed by atoms with Gasteiger partial charge in [0.1, 0.15) is 0 Å². The van der Waals surface area contributed by atoms with Crippen LogP contribution in [0.1, 0.15) is 25.7 Å². The largest absolute Gasteiger partial charge is 0.302 e. The monoisotopic (exact) mass is 360 g/mol. The van der Waals surface area contributed by atoms with Gasteiger partial charge in [0.05, 0.1) is 4.90 Å². The smallest absolute Gasteiger partial charge is 0.241 e. The van der Waals surface area contributed by atoms with E-state index in [1.165, 1.54) is 25.7 Å². The van der Waals surface area contributed by atoms with Crippen LogP contribution in [0.4, 0.5) is 0 Å². The number of nitrogens with zero attached hydrogens (tertiary/aromatic N) is 1. The third-order valence-electron chi connectivity index (χ3n) is 3.83. The van der Waals surface area contributed by atoms with Crippen LogP contribution in [0.3, 0.4) is 0 Å². The highest BCUT2D eigenvalue weighted by atomic mass is 79.9. The van der Waals surface area contributed by atoms with Gasteiger partial charge in [0, 0.05) is 23.6 Å². The Kier molecular flexibility index (Phi) is 5.60. The molecule has 1 N–H and O–H groups in total. The van der Waals surface area contributed by atoms with Gasteiger partial charge in [0.15, 0.2) is 0 Å². The predicted molar refractivity (Wildman–Crippen MR) is 84.2 cm³/mol. The van der Waals surface area contributed by atoms with Crippen molar-refractivity contribution in [3.8, 4) is 0 Å². The van der Waals surface area contributed by atoms with E-state index >= 15 is 0 Å². The third kappa shape index (κ3) is 4.04. The Morgan fingerprint density at radius 1 is 1.30 bits per heavy atom. The van der Waals surface area contributed by atoms with Crippen LogP contribution < -0.4 is 4.72 Å². The summed E-state index contributed by atoms with van der Waals surface area (Å²) < 4.78 is 27.7. The van der Waals surface area contributed by atoms with E-state index in [1.54, 1.807) is 24.3 Å². The van der Waals surface area contributed by atoms with Crippen LogP contribution in [-0.4, -0.2) is 39.5 Å². The molecule has 6 heteroatoms. The van der Waals surface area contributed by atoms with Gasteiger partial charge in [-0.2, -0.15) is 0 Å². The maximum Gasteiger partial charge on any atom is 0.241 e. The summed E-state index contributed by atoms with van der Waals surface area (Å²) >= 11 is 3.28. The molecule has 0 heterocycles. The summed E-state index contributed by atoms with van der Waals surface area (Å²) in [6.07, 6.45) is 5.04. The van der Waals surface area contributed by atoms with E-state index in [-0.39, 0.29) is 0 Å². The number of benzene rings is 1. The molecule has 1 aromatic carbocycles. The Morgan fingerprint density at radius 3 is 2.60 bits per heavy atom. The summed E-state index contributed by atoms with van der Waals surface area (Å²) in [6.45, 7) is 1.19. The first kappa shape index (κ1) is 15.9. The minimum atomic E-state index is -3.43. The van der Waals surface area contributed by atoms with E-state index < -0.39 is 10.0 Å². The first-order chi connectivity index (χ1) is 9.50. The molecule has 1 aliphatic rings. The fourth-order valence-corrected chi connectivity index (χ4v) is 4.65. The Bertz CT molecular complexity index is 542. The minimum absolute atomic E-state index is 0.295. The van der Waals surface area contributed by atoms with Crippen LogP contribution in [0.2, 0.25) is 0 Å². The predicted octanol–water partition coefficient (Wildman–Crippen LogP) is 2.60. The van der Waals surface area contributed by atoms with Crippen molar-refractivity contribution in [3.63, 3.8) is 0 Å². The van der Waals surface area contributed by atoms with E-state index in [0.717, 1.165) is 6.54 Å². The molecule has 20 heavy (non-hydrogen) atoms. The lowest BCUT2D eigenvalue weighted by Crippen LogP contribution is -2.37. The zero-order valence-electron chi connectivity index (χ0n) is 11.7. The Morgan fingerprint density at radius 2 is 1.95 bits per heavy atom. The van der Waals surface area contributed by atoms with Crippen LogP contribution in [0, 0.1) is 0 Å². The standard InChI is InChI=1S/C14H21BrN2O2S/c1-17(12-6-2-3-7-12)11-10-16-20(18,19)14-9-5-4-8-13(14)15/h4-5,8-9,12,16H,2-3,6-7,10-11H2,1H3. The molecule has 1 aromatic rings. The fraction of sp³-hybridized carbons (Fsp3) is 0.571. The minimum Gasteiger partial charge on any atom is -0.302 e. The number of halogens is 1. The van der Waals surface area contributed by atoms with Gasteiger partial charge >= 0.3 is 0 Å². The van der Waals surface area contributed by atoms with Crippen molar-refractivity contribution in [1.29, 1.82) is 0 Å². The molecule has 0 amide bonds. The second-order valence-corrected chi connectivity index (χ2v) is 7.84. The van der Waals surface area contributed by atoms with Gasteiger partial charge in [-0.15, -0.1) is 0 Å². The molecule has 1 fully saturated rings. The van der Waals surface area contributed by atoms with Gasteiger partial charge < -0.3 is 4.90 Å². The second-order valence-electron chi connectivity index (χ2n) is 5.25. The molecule has 112 valence electrons. The van der Waals surface area contributed by atoms with Gasteiger partial charge in [-0.1, -0.05) is 25.0 Å². The SMILES string of the molecule is CN(CCNS(=O)(=O)c1ccccc1Br)C1CCCC1. The molecule has 1 aliphatic carbocycles. The zero-order chi connectivity index (χ0) is 14.6. The lowest BCUT2D eigenvalue weighted by Gasteiger charge is -2.23. The van der Waals surface area contributed by atoms with Crippen molar-refractivity contribution in [2.24, 2.45) is 0 Å². The van der Waals surface area contributed by atoms with E-state index in [4.69, 9.17) is 0 Å². The van der Waals surface area contributed by atoms with Crippen LogP contribution >= 0.6 is 15.9 Å². The number of sulfonamides is 1. The van der Waals surface area contributed by atoms with E-state index in [0.29, 0.717) is 22.0 Å². The Balaban J connectivity index is 1.88. The van der Waals surface area contributed by atoms with Gasteiger partial charge in [-0.25, -0.2) is 13.1 Å². The van der Waals surface area contributed by atoms with Crippen molar-refractivity contribution in [3.05, 3.63) is 28.7 Å². The number of likely N-dealkylation sites (N-methyl/N-ethyl adjacent to an activating group) is 1. The molecular formula is C14H21BrN2O2S. The molecule has 0 radical (unpaired) electrons. The lowest BCUT2D eigenvalue weighted by atomic mass is 10.2. The number of rotatable bonds is 6. The molecule has 4 nitrogen and oxygen atoms in total. The topological polar surface area (TPSA) is 49.4 Å². The highest BCUT2D eigenvalue weighted by Gasteiger charge is 2.20. The Labute approximate surface area is 129 Å². The molecule has 0 aliphatic heterocycles. The van der Waals surface area contributed by atoms with Crippen molar-refractivity contribution in [2.45, 2.75) is 36.6 Å². The van der Waals surface area contributed by atoms with Gasteiger partial charge in [0.25, 0.3) is 0 Å². The fourth-order valence-electron chi connectivity index (χ4n) is 2.62. The van der Waals surface area contributed by atoms with Gasteiger partial charge in [-0.3, -0.25) is 0 Å². The van der Waals surface area contributed by atoms with Gasteiger partial charge in [-0.05, 0) is 48.0 Å². The first-order valence-corrected chi connectivity index (χ1v) is 9.23. The molecule has 0 saturated heterocycles. The van der Waals surface area contributed by atoms with E-state index in [2.05, 4.69) is 32.6 Å². The van der Waals surface area contributed by atoms with Crippen LogP contribution in [-0.2, 0) is 10.0 Å². The van der Waals surface area contributed by atoms with Crippen LogP contribution in [0.25, 0.3) is 0 Å². The summed E-state index contributed by atoms with van der Waals surface area (Å²) in [5.74, 6) is 0. The normalized spacial score (nSPS) is 16.9. The molecule has 0 bridgehead atoms. The number of hydrogen-bond donors (Lipinski definition) is 1. The quantitative estimate of drug-likeness (QED) is 0.847. The summed E-state index contributed by atoms with van der Waals surface area (Å²) in [4.78, 5) is 2.55. The summed E-state index contributed by atoms with van der Waals surface area (Å²) in [6, 6.07) is 7.48. The van der Waals surface area contributed by atoms with Crippen molar-refractivity contribution in [2.75, 3.05) is 20.1 Å². The third-order valence-corrected chi connectivity index (χ3v) is 6.30. The first-order valence-electron chi connectivity index (χ1n) is 6.95. The van der Waals surface area contributed by atoms with Crippen molar-refractivity contribution < 1.29 is 8.42 Å². The van der Waals surface area contributed by atoms with E-state index in [1.807, 2.05) is 0 Å². The zero-order valence-corrected chi connectivity index (χ0v) is 14.1. The van der Waals surface area contributed by atoms with Crippen LogP contribution in [0.15, 0.2) is 33.6 Å².